The van der Waals surface area contributed by atoms with Crippen LogP contribution in [0.25, 0.3) is 22.4 Å². The van der Waals surface area contributed by atoms with Crippen LogP contribution in [0.1, 0.15) is 42.0 Å². The van der Waals surface area contributed by atoms with E-state index in [4.69, 9.17) is 4.99 Å². The largest absolute Gasteiger partial charge is 0.252 e. The summed E-state index contributed by atoms with van der Waals surface area (Å²) in [6.45, 7) is 8.64. The zero-order valence-electron chi connectivity index (χ0n) is 20.0. The number of aryl methyl sites for hydroxylation is 1. The van der Waals surface area contributed by atoms with Crippen molar-refractivity contribution in [3.63, 3.8) is 0 Å². The van der Waals surface area contributed by atoms with Gasteiger partial charge in [-0.2, -0.15) is 0 Å². The van der Waals surface area contributed by atoms with E-state index < -0.39 is 0 Å². The molecule has 0 radical (unpaired) electrons. The van der Waals surface area contributed by atoms with Crippen molar-refractivity contribution in [3.05, 3.63) is 144 Å². The summed E-state index contributed by atoms with van der Waals surface area (Å²) in [5.74, 6) is 0. The maximum atomic E-state index is 5.20. The SMILES string of the molecule is C=C(/C=C(\N=C(CCC)c1ccc(-c2ccc(C)cc2)cc1)c1ccccc1)c1ccccc1. The summed E-state index contributed by atoms with van der Waals surface area (Å²) in [7, 11) is 0. The Balaban J connectivity index is 1.72. The molecule has 0 aliphatic rings. The molecule has 34 heavy (non-hydrogen) atoms. The van der Waals surface area contributed by atoms with E-state index in [1.165, 1.54) is 16.7 Å². The molecule has 4 aromatic rings. The first-order valence-electron chi connectivity index (χ1n) is 11.9. The first-order chi connectivity index (χ1) is 16.6. The van der Waals surface area contributed by atoms with E-state index in [9.17, 15) is 0 Å². The summed E-state index contributed by atoms with van der Waals surface area (Å²) >= 11 is 0. The molecule has 1 heteroatoms. The fraction of sp³-hybridized carbons (Fsp3) is 0.121. The highest BCUT2D eigenvalue weighted by atomic mass is 14.8. The van der Waals surface area contributed by atoms with E-state index in [0.29, 0.717) is 0 Å². The summed E-state index contributed by atoms with van der Waals surface area (Å²) in [5, 5.41) is 0. The van der Waals surface area contributed by atoms with E-state index in [1.807, 2.05) is 24.3 Å². The molecule has 4 aromatic carbocycles. The van der Waals surface area contributed by atoms with E-state index >= 15 is 0 Å². The number of aliphatic imine (C=N–C) groups is 1. The van der Waals surface area contributed by atoms with Gasteiger partial charge in [-0.1, -0.05) is 135 Å². The van der Waals surface area contributed by atoms with Crippen LogP contribution in [0, 0.1) is 6.92 Å². The predicted octanol–water partition coefficient (Wildman–Crippen LogP) is 9.01. The lowest BCUT2D eigenvalue weighted by Crippen LogP contribution is -2.01. The monoisotopic (exact) mass is 441 g/mol. The van der Waals surface area contributed by atoms with Crippen LogP contribution in [0.4, 0.5) is 0 Å². The van der Waals surface area contributed by atoms with Crippen LogP contribution in [0.5, 0.6) is 0 Å². The van der Waals surface area contributed by atoms with Crippen LogP contribution in [-0.4, -0.2) is 5.71 Å². The molecule has 0 saturated carbocycles. The van der Waals surface area contributed by atoms with Crippen LogP contribution in [0.3, 0.4) is 0 Å². The minimum absolute atomic E-state index is 0.909. The van der Waals surface area contributed by atoms with Crippen LogP contribution in [0.15, 0.2) is 127 Å². The fourth-order valence-electron chi connectivity index (χ4n) is 3.94. The average Bonchev–Trinajstić information content (AvgIpc) is 2.89. The van der Waals surface area contributed by atoms with E-state index in [0.717, 1.165) is 46.5 Å². The van der Waals surface area contributed by atoms with Crippen LogP contribution >= 0.6 is 0 Å². The lowest BCUT2D eigenvalue weighted by atomic mass is 9.99. The lowest BCUT2D eigenvalue weighted by Gasteiger charge is -2.11. The molecule has 0 aromatic heterocycles. The Kier molecular flexibility index (Phi) is 7.67. The van der Waals surface area contributed by atoms with Gasteiger partial charge in [-0.15, -0.1) is 0 Å². The van der Waals surface area contributed by atoms with Crippen molar-refractivity contribution in [2.45, 2.75) is 26.7 Å². The summed E-state index contributed by atoms with van der Waals surface area (Å²) in [6.07, 6.45) is 4.03. The number of rotatable bonds is 8. The van der Waals surface area contributed by atoms with Gasteiger partial charge in [0, 0.05) is 11.3 Å². The lowest BCUT2D eigenvalue weighted by molar-refractivity contribution is 0.993. The number of hydrogen-bond donors (Lipinski definition) is 0. The van der Waals surface area contributed by atoms with Crippen molar-refractivity contribution in [1.82, 2.24) is 0 Å². The Bertz CT molecular complexity index is 1280. The maximum Gasteiger partial charge on any atom is 0.0711 e. The van der Waals surface area contributed by atoms with Gasteiger partial charge < -0.3 is 0 Å². The molecule has 0 spiro atoms. The van der Waals surface area contributed by atoms with Gasteiger partial charge >= 0.3 is 0 Å². The Morgan fingerprint density at radius 2 is 1.21 bits per heavy atom. The van der Waals surface area contributed by atoms with Crippen molar-refractivity contribution in [2.24, 2.45) is 4.99 Å². The van der Waals surface area contributed by atoms with Crippen LogP contribution in [-0.2, 0) is 0 Å². The quantitative estimate of drug-likeness (QED) is 0.191. The number of allylic oxidation sites excluding steroid dienone is 2. The molecule has 4 rings (SSSR count). The average molecular weight is 442 g/mol. The molecule has 0 bridgehead atoms. The second-order valence-corrected chi connectivity index (χ2v) is 8.54. The molecule has 0 N–H and O–H groups in total. The van der Waals surface area contributed by atoms with Gasteiger partial charge in [-0.25, -0.2) is 0 Å². The Morgan fingerprint density at radius 3 is 1.76 bits per heavy atom. The van der Waals surface area contributed by atoms with E-state index in [2.05, 4.69) is 111 Å². The highest BCUT2D eigenvalue weighted by Gasteiger charge is 2.08. The summed E-state index contributed by atoms with van der Waals surface area (Å²) in [6, 6.07) is 38.1. The molecule has 0 heterocycles. The second kappa shape index (κ2) is 11.2. The Labute approximate surface area is 203 Å². The highest BCUT2D eigenvalue weighted by Crippen LogP contribution is 2.25. The first kappa shape index (κ1) is 23.2. The smallest absolute Gasteiger partial charge is 0.0711 e. The van der Waals surface area contributed by atoms with Gasteiger partial charge in [0.15, 0.2) is 0 Å². The van der Waals surface area contributed by atoms with Crippen LogP contribution < -0.4 is 0 Å². The van der Waals surface area contributed by atoms with Gasteiger partial charge in [0.05, 0.1) is 5.70 Å². The normalized spacial score (nSPS) is 11.9. The predicted molar refractivity (Wildman–Crippen MR) is 148 cm³/mol. The van der Waals surface area contributed by atoms with Gasteiger partial charge in [0.25, 0.3) is 0 Å². The first-order valence-corrected chi connectivity index (χ1v) is 11.9. The van der Waals surface area contributed by atoms with Crippen molar-refractivity contribution >= 4 is 17.0 Å². The summed E-state index contributed by atoms with van der Waals surface area (Å²) < 4.78 is 0. The summed E-state index contributed by atoms with van der Waals surface area (Å²) in [5.41, 5.74) is 10.0. The summed E-state index contributed by atoms with van der Waals surface area (Å²) in [4.78, 5) is 5.20. The molecule has 0 amide bonds. The minimum Gasteiger partial charge on any atom is -0.252 e. The Hall–Kier alpha value is -3.97. The zero-order valence-corrected chi connectivity index (χ0v) is 20.0. The van der Waals surface area contributed by atoms with Gasteiger partial charge in [0.1, 0.15) is 0 Å². The number of nitrogens with zero attached hydrogens (tertiary/aromatic N) is 1. The topological polar surface area (TPSA) is 12.4 Å². The molecule has 0 atom stereocenters. The molecule has 0 aliphatic carbocycles. The molecular weight excluding hydrogens is 410 g/mol. The van der Waals surface area contributed by atoms with Gasteiger partial charge in [0.2, 0.25) is 0 Å². The van der Waals surface area contributed by atoms with E-state index in [1.54, 1.807) is 0 Å². The zero-order chi connectivity index (χ0) is 23.8. The minimum atomic E-state index is 0.909. The molecule has 168 valence electrons. The van der Waals surface area contributed by atoms with Crippen molar-refractivity contribution < 1.29 is 0 Å². The van der Waals surface area contributed by atoms with Crippen LogP contribution in [0.2, 0.25) is 0 Å². The maximum absolute atomic E-state index is 5.20. The fourth-order valence-corrected chi connectivity index (χ4v) is 3.94. The third-order valence-corrected chi connectivity index (χ3v) is 5.87. The molecule has 0 fully saturated rings. The van der Waals surface area contributed by atoms with Gasteiger partial charge in [-0.05, 0) is 47.2 Å². The molecule has 0 unspecified atom stereocenters. The molecule has 0 saturated heterocycles. The standard InChI is InChI=1S/C33H31N/c1-4-11-32(31-22-20-29(21-23-31)28-18-16-25(2)17-19-28)34-33(30-14-9-6-10-15-30)24-26(3)27-12-7-5-8-13-27/h5-10,12-24H,3-4,11H2,1-2H3/b33-24-,34-32?. The molecule has 1 nitrogen and oxygen atoms in total. The van der Waals surface area contributed by atoms with Crippen molar-refractivity contribution in [3.8, 4) is 11.1 Å². The molecular formula is C33H31N. The third-order valence-electron chi connectivity index (χ3n) is 5.87. The number of hydrogen-bond acceptors (Lipinski definition) is 1. The van der Waals surface area contributed by atoms with Crippen molar-refractivity contribution in [2.75, 3.05) is 0 Å². The second-order valence-electron chi connectivity index (χ2n) is 8.54. The Morgan fingerprint density at radius 1 is 0.676 bits per heavy atom. The third kappa shape index (κ3) is 5.88. The van der Waals surface area contributed by atoms with Crippen molar-refractivity contribution in [1.29, 1.82) is 0 Å². The highest BCUT2D eigenvalue weighted by molar-refractivity contribution is 6.04. The van der Waals surface area contributed by atoms with E-state index in [-0.39, 0.29) is 0 Å². The van der Waals surface area contributed by atoms with Gasteiger partial charge in [-0.3, -0.25) is 4.99 Å². The number of benzene rings is 4. The molecule has 0 aliphatic heterocycles.